The Labute approximate surface area is 130 Å². The lowest BCUT2D eigenvalue weighted by Gasteiger charge is -2.03. The summed E-state index contributed by atoms with van der Waals surface area (Å²) in [7, 11) is -3.78. The lowest BCUT2D eigenvalue weighted by atomic mass is 10.1. The molecule has 0 saturated carbocycles. The lowest BCUT2D eigenvalue weighted by Crippen LogP contribution is -2.12. The maximum atomic E-state index is 11.8. The van der Waals surface area contributed by atoms with Gasteiger partial charge in [0, 0.05) is 4.88 Å². The number of carbonyl (C=O) groups is 1. The first kappa shape index (κ1) is 18.1. The fourth-order valence-corrected chi connectivity index (χ4v) is 4.01. The monoisotopic (exact) mass is 333 g/mol. The molecule has 120 valence electrons. The fourth-order valence-electron chi connectivity index (χ4n) is 1.97. The van der Waals surface area contributed by atoms with E-state index in [1.807, 2.05) is 0 Å². The van der Waals surface area contributed by atoms with Gasteiger partial charge in [-0.2, -0.15) is 0 Å². The van der Waals surface area contributed by atoms with E-state index in [4.69, 9.17) is 9.88 Å². The van der Waals surface area contributed by atoms with Gasteiger partial charge >= 0.3 is 5.97 Å². The van der Waals surface area contributed by atoms with E-state index in [0.29, 0.717) is 11.5 Å². The zero-order valence-corrected chi connectivity index (χ0v) is 14.2. The summed E-state index contributed by atoms with van der Waals surface area (Å²) in [6.07, 6.45) is 6.69. The molecule has 0 aliphatic carbocycles. The van der Waals surface area contributed by atoms with Gasteiger partial charge < -0.3 is 4.74 Å². The van der Waals surface area contributed by atoms with Gasteiger partial charge in [-0.1, -0.05) is 39.0 Å². The van der Waals surface area contributed by atoms with E-state index in [-0.39, 0.29) is 9.77 Å². The van der Waals surface area contributed by atoms with Crippen LogP contribution in [0.2, 0.25) is 0 Å². The predicted octanol–water partition coefficient (Wildman–Crippen LogP) is 3.22. The van der Waals surface area contributed by atoms with Crippen LogP contribution in [0.25, 0.3) is 0 Å². The number of nitrogens with two attached hydrogens (primary N) is 1. The van der Waals surface area contributed by atoms with Crippen molar-refractivity contribution in [1.82, 2.24) is 0 Å². The second-order valence-electron chi connectivity index (χ2n) is 4.98. The average Bonchev–Trinajstić information content (AvgIpc) is 2.79. The molecule has 0 amide bonds. The topological polar surface area (TPSA) is 86.5 Å². The van der Waals surface area contributed by atoms with Gasteiger partial charge in [0.15, 0.2) is 0 Å². The van der Waals surface area contributed by atoms with Crippen LogP contribution in [0.4, 0.5) is 0 Å². The second-order valence-corrected chi connectivity index (χ2v) is 7.77. The lowest BCUT2D eigenvalue weighted by molar-refractivity contribution is 0.0503. The first-order valence-electron chi connectivity index (χ1n) is 7.16. The highest BCUT2D eigenvalue weighted by atomic mass is 32.2. The summed E-state index contributed by atoms with van der Waals surface area (Å²) in [5.41, 5.74) is 0. The number of sulfonamides is 1. The van der Waals surface area contributed by atoms with E-state index in [1.165, 1.54) is 25.3 Å². The van der Waals surface area contributed by atoms with Crippen molar-refractivity contribution in [2.45, 2.75) is 57.3 Å². The minimum Gasteiger partial charge on any atom is -0.462 e. The Balaban J connectivity index is 2.40. The van der Waals surface area contributed by atoms with E-state index in [9.17, 15) is 13.2 Å². The third-order valence-electron chi connectivity index (χ3n) is 3.11. The molecule has 0 atom stereocenters. The molecule has 5 nitrogen and oxygen atoms in total. The quantitative estimate of drug-likeness (QED) is 0.555. The second kappa shape index (κ2) is 8.51. The Morgan fingerprint density at radius 2 is 1.86 bits per heavy atom. The first-order valence-corrected chi connectivity index (χ1v) is 9.53. The average molecular weight is 333 g/mol. The molecule has 0 radical (unpaired) electrons. The molecule has 1 rings (SSSR count). The van der Waals surface area contributed by atoms with Crippen LogP contribution in [0.15, 0.2) is 11.0 Å². The molecule has 1 aromatic rings. The van der Waals surface area contributed by atoms with Crippen LogP contribution in [-0.4, -0.2) is 21.0 Å². The van der Waals surface area contributed by atoms with Gasteiger partial charge in [0.25, 0.3) is 0 Å². The Kier molecular flexibility index (Phi) is 7.34. The van der Waals surface area contributed by atoms with Crippen molar-refractivity contribution in [3.05, 3.63) is 15.8 Å². The fraction of sp³-hybridized carbons (Fsp3) is 0.643. The molecule has 2 N–H and O–H groups in total. The van der Waals surface area contributed by atoms with Crippen molar-refractivity contribution in [1.29, 1.82) is 0 Å². The van der Waals surface area contributed by atoms with Crippen LogP contribution in [0, 0.1) is 6.92 Å². The summed E-state index contributed by atoms with van der Waals surface area (Å²) >= 11 is 1.09. The first-order chi connectivity index (χ1) is 9.86. The van der Waals surface area contributed by atoms with E-state index in [0.717, 1.165) is 30.6 Å². The molecule has 0 bridgehead atoms. The maximum Gasteiger partial charge on any atom is 0.348 e. The number of esters is 1. The molecule has 0 fully saturated rings. The molecule has 0 unspecified atom stereocenters. The molecule has 0 spiro atoms. The van der Waals surface area contributed by atoms with Gasteiger partial charge in [-0.15, -0.1) is 11.3 Å². The molecule has 1 heterocycles. The number of hydrogen-bond donors (Lipinski definition) is 1. The summed E-state index contributed by atoms with van der Waals surface area (Å²) in [6, 6.07) is 1.29. The Morgan fingerprint density at radius 3 is 2.43 bits per heavy atom. The summed E-state index contributed by atoms with van der Waals surface area (Å²) in [6.45, 7) is 4.15. The maximum absolute atomic E-state index is 11.8. The molecular formula is C14H23NO4S2. The van der Waals surface area contributed by atoms with Gasteiger partial charge in [-0.3, -0.25) is 0 Å². The zero-order chi connectivity index (χ0) is 15.9. The number of primary sulfonamides is 1. The number of rotatable bonds is 9. The van der Waals surface area contributed by atoms with Crippen molar-refractivity contribution >= 4 is 27.3 Å². The van der Waals surface area contributed by atoms with Crippen molar-refractivity contribution in [2.24, 2.45) is 5.14 Å². The minimum absolute atomic E-state index is 0.000911. The van der Waals surface area contributed by atoms with E-state index in [2.05, 4.69) is 6.92 Å². The third-order valence-corrected chi connectivity index (χ3v) is 5.31. The number of aryl methyl sites for hydroxylation is 1. The van der Waals surface area contributed by atoms with Gasteiger partial charge in [-0.05, 0) is 19.4 Å². The van der Waals surface area contributed by atoms with Gasteiger partial charge in [-0.25, -0.2) is 18.4 Å². The molecule has 7 heteroatoms. The van der Waals surface area contributed by atoms with E-state index in [1.54, 1.807) is 6.92 Å². The molecule has 0 aliphatic rings. The number of unbranched alkanes of at least 4 members (excludes halogenated alkanes) is 5. The summed E-state index contributed by atoms with van der Waals surface area (Å²) in [4.78, 5) is 12.6. The third kappa shape index (κ3) is 6.15. The SMILES string of the molecule is CCCCCCCCOC(=O)c1cc(S(N)(=O)=O)c(C)s1. The smallest absolute Gasteiger partial charge is 0.348 e. The molecule has 0 aromatic carbocycles. The highest BCUT2D eigenvalue weighted by Crippen LogP contribution is 2.25. The van der Waals surface area contributed by atoms with Crippen LogP contribution < -0.4 is 5.14 Å². The van der Waals surface area contributed by atoms with E-state index >= 15 is 0 Å². The molecule has 21 heavy (non-hydrogen) atoms. The minimum atomic E-state index is -3.78. The van der Waals surface area contributed by atoms with Crippen LogP contribution in [0.3, 0.4) is 0 Å². The van der Waals surface area contributed by atoms with Crippen LogP contribution >= 0.6 is 11.3 Å². The number of hydrogen-bond acceptors (Lipinski definition) is 5. The zero-order valence-electron chi connectivity index (χ0n) is 12.6. The Morgan fingerprint density at radius 1 is 1.24 bits per heavy atom. The Bertz CT molecular complexity index is 564. The highest BCUT2D eigenvalue weighted by Gasteiger charge is 2.19. The molecule has 1 aromatic heterocycles. The van der Waals surface area contributed by atoms with Crippen molar-refractivity contribution in [3.8, 4) is 0 Å². The van der Waals surface area contributed by atoms with E-state index < -0.39 is 16.0 Å². The van der Waals surface area contributed by atoms with Crippen LogP contribution in [-0.2, 0) is 14.8 Å². The number of thiophene rings is 1. The van der Waals surface area contributed by atoms with Crippen LogP contribution in [0.1, 0.15) is 60.0 Å². The predicted molar refractivity (Wildman–Crippen MR) is 84.1 cm³/mol. The number of ether oxygens (including phenoxy) is 1. The summed E-state index contributed by atoms with van der Waals surface area (Å²) < 4.78 is 27.8. The van der Waals surface area contributed by atoms with Crippen molar-refractivity contribution in [2.75, 3.05) is 6.61 Å². The highest BCUT2D eigenvalue weighted by molar-refractivity contribution is 7.89. The van der Waals surface area contributed by atoms with Crippen molar-refractivity contribution < 1.29 is 17.9 Å². The molecule has 0 saturated heterocycles. The summed E-state index contributed by atoms with van der Waals surface area (Å²) in [5, 5.41) is 5.08. The summed E-state index contributed by atoms with van der Waals surface area (Å²) in [5.74, 6) is -0.480. The largest absolute Gasteiger partial charge is 0.462 e. The normalized spacial score (nSPS) is 11.6. The standard InChI is InChI=1S/C14H23NO4S2/c1-3-4-5-6-7-8-9-19-14(16)12-10-13(11(2)20-12)21(15,17)18/h10H,3-9H2,1-2H3,(H2,15,17,18). The Hall–Kier alpha value is -0.920. The van der Waals surface area contributed by atoms with Gasteiger partial charge in [0.2, 0.25) is 10.0 Å². The van der Waals surface area contributed by atoms with Crippen LogP contribution in [0.5, 0.6) is 0 Å². The van der Waals surface area contributed by atoms with Crippen molar-refractivity contribution in [3.63, 3.8) is 0 Å². The molecular weight excluding hydrogens is 310 g/mol. The molecule has 0 aliphatic heterocycles. The number of carbonyl (C=O) groups excluding carboxylic acids is 1. The van der Waals surface area contributed by atoms with Gasteiger partial charge in [0.05, 0.1) is 11.5 Å². The van der Waals surface area contributed by atoms with Gasteiger partial charge in [0.1, 0.15) is 4.88 Å².